The first-order chi connectivity index (χ1) is 8.58. The van der Waals surface area contributed by atoms with Gasteiger partial charge < -0.3 is 9.67 Å². The number of pyridine rings is 1. The molecule has 0 aromatic carbocycles. The van der Waals surface area contributed by atoms with Crippen molar-refractivity contribution in [3.63, 3.8) is 0 Å². The minimum absolute atomic E-state index is 0.00592. The average Bonchev–Trinajstić information content (AvgIpc) is 2.73. The highest BCUT2D eigenvalue weighted by Crippen LogP contribution is 2.02. The Kier molecular flexibility index (Phi) is 3.27. The van der Waals surface area contributed by atoms with Crippen LogP contribution in [-0.2, 0) is 20.0 Å². The molecule has 18 heavy (non-hydrogen) atoms. The van der Waals surface area contributed by atoms with Crippen molar-refractivity contribution in [1.29, 1.82) is 0 Å². The molecule has 6 heteroatoms. The molecule has 94 valence electrons. The maximum Gasteiger partial charge on any atom is 0.352 e. The molecule has 1 N–H and O–H groups in total. The van der Waals surface area contributed by atoms with Crippen molar-refractivity contribution in [2.75, 3.05) is 0 Å². The van der Waals surface area contributed by atoms with E-state index in [1.54, 1.807) is 17.9 Å². The largest absolute Gasteiger partial charge is 0.477 e. The summed E-state index contributed by atoms with van der Waals surface area (Å²) >= 11 is 0. The van der Waals surface area contributed by atoms with Gasteiger partial charge in [0.05, 0.1) is 6.20 Å². The Morgan fingerprint density at radius 2 is 2.22 bits per heavy atom. The summed E-state index contributed by atoms with van der Waals surface area (Å²) in [5.74, 6) is -1.10. The van der Waals surface area contributed by atoms with Gasteiger partial charge in [-0.2, -0.15) is 5.10 Å². The molecule has 2 rings (SSSR count). The van der Waals surface area contributed by atoms with Gasteiger partial charge in [0.1, 0.15) is 5.69 Å². The van der Waals surface area contributed by atoms with Gasteiger partial charge in [0.15, 0.2) is 0 Å². The fourth-order valence-electron chi connectivity index (χ4n) is 1.78. The molecule has 2 heterocycles. The molecule has 0 unspecified atom stereocenters. The second kappa shape index (κ2) is 4.87. The Morgan fingerprint density at radius 3 is 2.83 bits per heavy atom. The topological polar surface area (TPSA) is 77.1 Å². The van der Waals surface area contributed by atoms with Crippen LogP contribution in [0.15, 0.2) is 35.4 Å². The Labute approximate surface area is 103 Å². The number of hydrogen-bond donors (Lipinski definition) is 1. The van der Waals surface area contributed by atoms with Gasteiger partial charge >= 0.3 is 5.97 Å². The van der Waals surface area contributed by atoms with E-state index in [-0.39, 0.29) is 11.3 Å². The van der Waals surface area contributed by atoms with Crippen LogP contribution < -0.4 is 5.56 Å². The molecule has 6 nitrogen and oxygen atoms in total. The number of aromatic nitrogens is 3. The van der Waals surface area contributed by atoms with E-state index in [0.29, 0.717) is 13.0 Å². The van der Waals surface area contributed by atoms with E-state index in [2.05, 4.69) is 5.10 Å². The highest BCUT2D eigenvalue weighted by molar-refractivity contribution is 5.85. The van der Waals surface area contributed by atoms with Gasteiger partial charge in [0.25, 0.3) is 5.56 Å². The Bertz CT molecular complexity index is 627. The van der Waals surface area contributed by atoms with Crippen LogP contribution in [0, 0.1) is 0 Å². The van der Waals surface area contributed by atoms with E-state index >= 15 is 0 Å². The lowest BCUT2D eigenvalue weighted by Crippen LogP contribution is -2.25. The third kappa shape index (κ3) is 2.48. The highest BCUT2D eigenvalue weighted by atomic mass is 16.4. The van der Waals surface area contributed by atoms with Gasteiger partial charge in [-0.1, -0.05) is 6.07 Å². The summed E-state index contributed by atoms with van der Waals surface area (Å²) in [4.78, 5) is 22.7. The summed E-state index contributed by atoms with van der Waals surface area (Å²) < 4.78 is 2.93. The second-order valence-electron chi connectivity index (χ2n) is 3.98. The summed E-state index contributed by atoms with van der Waals surface area (Å²) in [6, 6.07) is 4.23. The van der Waals surface area contributed by atoms with Gasteiger partial charge in [-0.15, -0.1) is 0 Å². The van der Waals surface area contributed by atoms with E-state index in [9.17, 15) is 9.59 Å². The van der Waals surface area contributed by atoms with Gasteiger partial charge in [0, 0.05) is 25.9 Å². The number of aromatic carboxylic acids is 1. The summed E-state index contributed by atoms with van der Waals surface area (Å²) in [6.45, 7) is 0.326. The minimum Gasteiger partial charge on any atom is -0.477 e. The fraction of sp³-hybridized carbons (Fsp3) is 0.250. The Hall–Kier alpha value is -2.37. The van der Waals surface area contributed by atoms with Crippen molar-refractivity contribution >= 4 is 5.97 Å². The van der Waals surface area contributed by atoms with Crippen LogP contribution in [0.2, 0.25) is 0 Å². The predicted molar refractivity (Wildman–Crippen MR) is 64.6 cm³/mol. The standard InChI is InChI=1S/C12H13N3O3/c1-14-8-9(7-13-14)5-6-15-10(12(17)18)3-2-4-11(15)16/h2-4,7-8H,5-6H2,1H3,(H,17,18). The van der Waals surface area contributed by atoms with Crippen LogP contribution in [0.1, 0.15) is 16.1 Å². The molecule has 0 aliphatic heterocycles. The van der Waals surface area contributed by atoms with Crippen LogP contribution in [0.5, 0.6) is 0 Å². The van der Waals surface area contributed by atoms with Crippen LogP contribution in [0.3, 0.4) is 0 Å². The average molecular weight is 247 g/mol. The first-order valence-corrected chi connectivity index (χ1v) is 5.48. The Morgan fingerprint density at radius 1 is 1.44 bits per heavy atom. The lowest BCUT2D eigenvalue weighted by atomic mass is 10.2. The lowest BCUT2D eigenvalue weighted by Gasteiger charge is -2.08. The van der Waals surface area contributed by atoms with Gasteiger partial charge in [-0.05, 0) is 18.1 Å². The molecule has 0 aliphatic carbocycles. The SMILES string of the molecule is Cn1cc(CCn2c(C(=O)O)cccc2=O)cn1. The molecule has 2 aromatic rings. The molecule has 0 bridgehead atoms. The van der Waals surface area contributed by atoms with Crippen LogP contribution in [-0.4, -0.2) is 25.4 Å². The zero-order valence-corrected chi connectivity index (χ0v) is 9.91. The smallest absolute Gasteiger partial charge is 0.352 e. The summed E-state index contributed by atoms with van der Waals surface area (Å²) in [7, 11) is 1.81. The van der Waals surface area contributed by atoms with Gasteiger partial charge in [-0.3, -0.25) is 9.48 Å². The lowest BCUT2D eigenvalue weighted by molar-refractivity contribution is 0.0683. The molecule has 0 radical (unpaired) electrons. The molecule has 0 fully saturated rings. The fourth-order valence-corrected chi connectivity index (χ4v) is 1.78. The summed E-state index contributed by atoms with van der Waals surface area (Å²) in [5, 5.41) is 13.0. The number of hydrogen-bond acceptors (Lipinski definition) is 3. The molecule has 0 spiro atoms. The zero-order valence-electron chi connectivity index (χ0n) is 9.91. The van der Waals surface area contributed by atoms with E-state index in [4.69, 9.17) is 5.11 Å². The second-order valence-corrected chi connectivity index (χ2v) is 3.98. The van der Waals surface area contributed by atoms with Crippen LogP contribution in [0.4, 0.5) is 0 Å². The van der Waals surface area contributed by atoms with E-state index in [1.165, 1.54) is 22.8 Å². The molecular weight excluding hydrogens is 234 g/mol. The normalized spacial score (nSPS) is 10.5. The van der Waals surface area contributed by atoms with Crippen molar-refractivity contribution < 1.29 is 9.90 Å². The quantitative estimate of drug-likeness (QED) is 0.854. The monoisotopic (exact) mass is 247 g/mol. The van der Waals surface area contributed by atoms with E-state index in [0.717, 1.165) is 5.56 Å². The van der Waals surface area contributed by atoms with E-state index < -0.39 is 5.97 Å². The Balaban J connectivity index is 2.23. The first-order valence-electron chi connectivity index (χ1n) is 5.48. The zero-order chi connectivity index (χ0) is 13.1. The van der Waals surface area contributed by atoms with Crippen molar-refractivity contribution in [3.05, 3.63) is 52.2 Å². The number of carbonyl (C=O) groups is 1. The number of rotatable bonds is 4. The number of aryl methyl sites for hydroxylation is 2. The van der Waals surface area contributed by atoms with Crippen LogP contribution in [0.25, 0.3) is 0 Å². The molecule has 0 saturated carbocycles. The molecule has 2 aromatic heterocycles. The number of nitrogens with zero attached hydrogens (tertiary/aromatic N) is 3. The molecule has 0 aliphatic rings. The van der Waals surface area contributed by atoms with Gasteiger partial charge in [-0.25, -0.2) is 4.79 Å². The maximum absolute atomic E-state index is 11.6. The third-order valence-corrected chi connectivity index (χ3v) is 2.65. The molecule has 0 saturated heterocycles. The van der Waals surface area contributed by atoms with Crippen molar-refractivity contribution in [1.82, 2.24) is 14.3 Å². The van der Waals surface area contributed by atoms with Gasteiger partial charge in [0.2, 0.25) is 0 Å². The summed E-state index contributed by atoms with van der Waals surface area (Å²) in [6.07, 6.45) is 4.11. The minimum atomic E-state index is -1.10. The predicted octanol–water partition coefficient (Wildman–Crippen LogP) is 0.523. The number of carboxylic acids is 1. The molecule has 0 amide bonds. The van der Waals surface area contributed by atoms with Crippen LogP contribution >= 0.6 is 0 Å². The molecule has 0 atom stereocenters. The molecular formula is C12H13N3O3. The van der Waals surface area contributed by atoms with Crippen molar-refractivity contribution in [3.8, 4) is 0 Å². The van der Waals surface area contributed by atoms with Crippen molar-refractivity contribution in [2.24, 2.45) is 7.05 Å². The third-order valence-electron chi connectivity index (χ3n) is 2.65. The number of carboxylic acid groups (broad SMARTS) is 1. The highest BCUT2D eigenvalue weighted by Gasteiger charge is 2.10. The summed E-state index contributed by atoms with van der Waals surface area (Å²) in [5.41, 5.74) is 0.662. The maximum atomic E-state index is 11.6. The van der Waals surface area contributed by atoms with E-state index in [1.807, 2.05) is 6.20 Å². The van der Waals surface area contributed by atoms with Crippen molar-refractivity contribution in [2.45, 2.75) is 13.0 Å². The first kappa shape index (κ1) is 12.1.